The summed E-state index contributed by atoms with van der Waals surface area (Å²) in [7, 11) is 0. The number of rotatable bonds is 13. The van der Waals surface area contributed by atoms with Gasteiger partial charge in [-0.05, 0) is 55.6 Å². The van der Waals surface area contributed by atoms with Gasteiger partial charge < -0.3 is 30.6 Å². The van der Waals surface area contributed by atoms with E-state index < -0.39 is 43.1 Å². The van der Waals surface area contributed by atoms with Crippen molar-refractivity contribution in [3.8, 4) is 26.0 Å². The predicted molar refractivity (Wildman–Crippen MR) is 166 cm³/mol. The number of hydrogen-bond acceptors (Lipinski definition) is 10. The van der Waals surface area contributed by atoms with Crippen LogP contribution in [0.5, 0.6) is 0 Å². The molecular formula is C28H29Cl2FN4O6S2. The Morgan fingerprint density at radius 3 is 2.58 bits per heavy atom. The molecule has 4 aromatic rings. The Labute approximate surface area is 264 Å². The number of alkyl halides is 1. The minimum Gasteiger partial charge on any atom is -0.394 e. The summed E-state index contributed by atoms with van der Waals surface area (Å²) >= 11 is 15.8. The van der Waals surface area contributed by atoms with Gasteiger partial charge in [-0.15, -0.1) is 22.7 Å². The van der Waals surface area contributed by atoms with Gasteiger partial charge in [-0.1, -0.05) is 34.4 Å². The number of thiophene rings is 2. The standard InChI is InChI=1S/C28H29Cl2FN4O6S2/c1-14(41-33-12-18(31)26(38)27(39)20(37)13-36)11-32-28(40)24-15(2)25(23-8-7-22(43-23)21-4-3-9-42-21)35(34-24)19-6-5-16(29)10-17(19)30/h3-10,12,14,18,20,26-27,36-39H,11,13H2,1-2H3,(H,32,40)/b33-12+/t14?,18-,20+,26+,27+/m0/s1. The zero-order chi connectivity index (χ0) is 31.3. The molecule has 0 bridgehead atoms. The maximum absolute atomic E-state index is 14.1. The Bertz CT molecular complexity index is 1560. The summed E-state index contributed by atoms with van der Waals surface area (Å²) in [5.74, 6) is -0.489. The fourth-order valence-corrected chi connectivity index (χ4v) is 6.43. The summed E-state index contributed by atoms with van der Waals surface area (Å²) in [5.41, 5.74) is 2.01. The number of oxime groups is 1. The summed E-state index contributed by atoms with van der Waals surface area (Å²) in [6, 6.07) is 13.0. The van der Waals surface area contributed by atoms with E-state index in [0.29, 0.717) is 33.2 Å². The molecule has 1 amide bonds. The predicted octanol–water partition coefficient (Wildman–Crippen LogP) is 4.48. The molecule has 1 aromatic carbocycles. The van der Waals surface area contributed by atoms with Gasteiger partial charge in [-0.25, -0.2) is 9.07 Å². The van der Waals surface area contributed by atoms with Crippen LogP contribution in [0.2, 0.25) is 10.0 Å². The van der Waals surface area contributed by atoms with E-state index in [1.54, 1.807) is 59.4 Å². The first-order chi connectivity index (χ1) is 20.5. The molecule has 0 aliphatic rings. The third-order valence-corrected chi connectivity index (χ3v) is 9.03. The molecule has 4 rings (SSSR count). The van der Waals surface area contributed by atoms with Crippen molar-refractivity contribution in [3.63, 3.8) is 0 Å². The van der Waals surface area contributed by atoms with E-state index in [0.717, 1.165) is 14.6 Å². The molecule has 43 heavy (non-hydrogen) atoms. The molecule has 0 aliphatic carbocycles. The molecule has 5 atom stereocenters. The average Bonchev–Trinajstić information content (AvgIpc) is 3.75. The van der Waals surface area contributed by atoms with Crippen LogP contribution in [-0.2, 0) is 4.84 Å². The highest BCUT2D eigenvalue weighted by atomic mass is 35.5. The summed E-state index contributed by atoms with van der Waals surface area (Å²) in [6.45, 7) is 2.49. The van der Waals surface area contributed by atoms with Gasteiger partial charge in [0.25, 0.3) is 5.91 Å². The molecule has 10 nitrogen and oxygen atoms in total. The Hall–Kier alpha value is -2.88. The smallest absolute Gasteiger partial charge is 0.272 e. The molecule has 0 spiro atoms. The second kappa shape index (κ2) is 14.7. The number of aliphatic hydroxyl groups excluding tert-OH is 4. The lowest BCUT2D eigenvalue weighted by Crippen LogP contribution is -2.45. The zero-order valence-corrected chi connectivity index (χ0v) is 26.0. The molecule has 0 fully saturated rings. The lowest BCUT2D eigenvalue weighted by atomic mass is 10.1. The Morgan fingerprint density at radius 2 is 1.91 bits per heavy atom. The molecule has 3 aromatic heterocycles. The van der Waals surface area contributed by atoms with Crippen molar-refractivity contribution < 1.29 is 34.4 Å². The fraction of sp³-hybridized carbons (Fsp3) is 0.321. The van der Waals surface area contributed by atoms with Crippen molar-refractivity contribution in [3.05, 3.63) is 69.1 Å². The highest BCUT2D eigenvalue weighted by molar-refractivity contribution is 7.23. The van der Waals surface area contributed by atoms with Crippen LogP contribution in [0.15, 0.2) is 53.0 Å². The van der Waals surface area contributed by atoms with Crippen LogP contribution >= 0.6 is 45.9 Å². The van der Waals surface area contributed by atoms with Gasteiger partial charge in [0.1, 0.15) is 24.4 Å². The SMILES string of the molecule is Cc1c(C(=O)NCC(C)O/N=C/[C@H](F)[C@@H](O)[C@H](O)[C@H](O)CO)nn(-c2ccc(Cl)cc2Cl)c1-c1ccc(-c2cccs2)s1. The molecular weight excluding hydrogens is 642 g/mol. The number of aliphatic hydroxyl groups is 4. The van der Waals surface area contributed by atoms with Gasteiger partial charge in [-0.3, -0.25) is 4.79 Å². The van der Waals surface area contributed by atoms with Crippen molar-refractivity contribution in [2.24, 2.45) is 5.16 Å². The quantitative estimate of drug-likeness (QED) is 0.104. The van der Waals surface area contributed by atoms with Gasteiger partial charge >= 0.3 is 0 Å². The van der Waals surface area contributed by atoms with Crippen LogP contribution in [0.4, 0.5) is 4.39 Å². The first-order valence-electron chi connectivity index (χ1n) is 13.0. The van der Waals surface area contributed by atoms with E-state index in [4.69, 9.17) is 33.1 Å². The van der Waals surface area contributed by atoms with E-state index >= 15 is 0 Å². The number of hydrogen-bond donors (Lipinski definition) is 5. The van der Waals surface area contributed by atoms with Gasteiger partial charge in [0.05, 0.1) is 40.6 Å². The highest BCUT2D eigenvalue weighted by Crippen LogP contribution is 2.40. The van der Waals surface area contributed by atoms with Crippen molar-refractivity contribution >= 4 is 58.0 Å². The first kappa shape index (κ1) is 33.0. The topological polar surface area (TPSA) is 149 Å². The molecule has 230 valence electrons. The molecule has 15 heteroatoms. The number of halogens is 3. The van der Waals surface area contributed by atoms with Crippen molar-refractivity contribution in [2.45, 2.75) is 44.4 Å². The second-order valence-corrected chi connectivity index (χ2v) is 12.4. The van der Waals surface area contributed by atoms with Crippen LogP contribution in [0, 0.1) is 6.92 Å². The van der Waals surface area contributed by atoms with Gasteiger partial charge in [0, 0.05) is 20.3 Å². The monoisotopic (exact) mass is 670 g/mol. The molecule has 0 radical (unpaired) electrons. The number of carbonyl (C=O) groups is 1. The average molecular weight is 672 g/mol. The second-order valence-electron chi connectivity index (χ2n) is 9.53. The third kappa shape index (κ3) is 7.80. The largest absolute Gasteiger partial charge is 0.394 e. The lowest BCUT2D eigenvalue weighted by Gasteiger charge is -2.22. The van der Waals surface area contributed by atoms with Gasteiger partial charge in [0.2, 0.25) is 0 Å². The van der Waals surface area contributed by atoms with Gasteiger partial charge in [0.15, 0.2) is 11.9 Å². The molecule has 5 N–H and O–H groups in total. The normalized spacial score (nSPS) is 15.3. The number of nitrogens with one attached hydrogen (secondary N) is 1. The van der Waals surface area contributed by atoms with E-state index in [2.05, 4.69) is 15.6 Å². The summed E-state index contributed by atoms with van der Waals surface area (Å²) in [4.78, 5) is 21.5. The van der Waals surface area contributed by atoms with E-state index in [9.17, 15) is 24.5 Å². The number of aromatic nitrogens is 2. The number of amides is 1. The van der Waals surface area contributed by atoms with Crippen LogP contribution < -0.4 is 5.32 Å². The highest BCUT2D eigenvalue weighted by Gasteiger charge is 2.30. The maximum Gasteiger partial charge on any atom is 0.272 e. The van der Waals surface area contributed by atoms with Crippen molar-refractivity contribution in [1.82, 2.24) is 15.1 Å². The van der Waals surface area contributed by atoms with Gasteiger partial charge in [-0.2, -0.15) is 5.10 Å². The third-order valence-electron chi connectivity index (χ3n) is 6.33. The Kier molecular flexibility index (Phi) is 11.3. The zero-order valence-electron chi connectivity index (χ0n) is 22.9. The molecule has 1 unspecified atom stereocenters. The summed E-state index contributed by atoms with van der Waals surface area (Å²) in [5, 5.41) is 51.1. The fourth-order valence-electron chi connectivity index (χ4n) is 4.01. The Morgan fingerprint density at radius 1 is 1.16 bits per heavy atom. The van der Waals surface area contributed by atoms with Crippen LogP contribution in [0.1, 0.15) is 23.0 Å². The number of benzene rings is 1. The first-order valence-corrected chi connectivity index (χ1v) is 15.4. The minimum absolute atomic E-state index is 0.0214. The van der Waals surface area contributed by atoms with Crippen LogP contribution in [0.25, 0.3) is 26.0 Å². The molecule has 3 heterocycles. The summed E-state index contributed by atoms with van der Waals surface area (Å²) in [6.07, 6.45) is -7.96. The lowest BCUT2D eigenvalue weighted by molar-refractivity contribution is -0.0892. The van der Waals surface area contributed by atoms with E-state index in [1.165, 1.54) is 0 Å². The van der Waals surface area contributed by atoms with E-state index in [1.807, 2.05) is 29.6 Å². The van der Waals surface area contributed by atoms with Crippen LogP contribution in [0.3, 0.4) is 0 Å². The minimum atomic E-state index is -2.18. The van der Waals surface area contributed by atoms with E-state index in [-0.39, 0.29) is 12.2 Å². The Balaban J connectivity index is 1.51. The number of nitrogens with zero attached hydrogens (tertiary/aromatic N) is 3. The number of carbonyl (C=O) groups excluding carboxylic acids is 1. The maximum atomic E-state index is 14.1. The molecule has 0 aliphatic heterocycles. The van der Waals surface area contributed by atoms with Crippen molar-refractivity contribution in [1.29, 1.82) is 0 Å². The van der Waals surface area contributed by atoms with Crippen molar-refractivity contribution in [2.75, 3.05) is 13.2 Å². The van der Waals surface area contributed by atoms with Crippen LogP contribution in [-0.4, -0.2) is 86.1 Å². The molecule has 0 saturated heterocycles. The molecule has 0 saturated carbocycles. The summed E-state index contributed by atoms with van der Waals surface area (Å²) < 4.78 is 15.7.